The van der Waals surface area contributed by atoms with E-state index >= 15 is 0 Å². The first-order chi connectivity index (χ1) is 8.62. The Morgan fingerprint density at radius 2 is 2.17 bits per heavy atom. The SMILES string of the molecule is CCN(C)C=Nc1cc(OC)ccc1C(=O)OC. The molecule has 5 heteroatoms. The molecule has 1 aromatic carbocycles. The van der Waals surface area contributed by atoms with Crippen molar-refractivity contribution in [3.05, 3.63) is 23.8 Å². The third-order valence-electron chi connectivity index (χ3n) is 2.50. The van der Waals surface area contributed by atoms with Crippen molar-refractivity contribution in [1.82, 2.24) is 4.90 Å². The highest BCUT2D eigenvalue weighted by molar-refractivity contribution is 5.95. The van der Waals surface area contributed by atoms with Crippen LogP contribution in [0.25, 0.3) is 0 Å². The Bertz CT molecular complexity index is 444. The van der Waals surface area contributed by atoms with Gasteiger partial charge in [-0.05, 0) is 19.1 Å². The Balaban J connectivity index is 3.11. The first kappa shape index (κ1) is 14.0. The highest BCUT2D eigenvalue weighted by Gasteiger charge is 2.12. The van der Waals surface area contributed by atoms with Gasteiger partial charge < -0.3 is 14.4 Å². The highest BCUT2D eigenvalue weighted by atomic mass is 16.5. The quantitative estimate of drug-likeness (QED) is 0.456. The minimum Gasteiger partial charge on any atom is -0.497 e. The van der Waals surface area contributed by atoms with Crippen LogP contribution < -0.4 is 4.74 Å². The van der Waals surface area contributed by atoms with Crippen LogP contribution in [0.5, 0.6) is 5.75 Å². The maximum Gasteiger partial charge on any atom is 0.340 e. The molecule has 98 valence electrons. The van der Waals surface area contributed by atoms with E-state index in [9.17, 15) is 4.79 Å². The Morgan fingerprint density at radius 3 is 2.72 bits per heavy atom. The number of benzene rings is 1. The molecule has 0 aromatic heterocycles. The van der Waals surface area contributed by atoms with E-state index in [4.69, 9.17) is 9.47 Å². The lowest BCUT2D eigenvalue weighted by Gasteiger charge is -2.10. The van der Waals surface area contributed by atoms with E-state index in [1.807, 2.05) is 18.9 Å². The number of aliphatic imine (C=N–C) groups is 1. The molecule has 0 amide bonds. The third-order valence-corrected chi connectivity index (χ3v) is 2.50. The second kappa shape index (κ2) is 6.64. The second-order valence-corrected chi connectivity index (χ2v) is 3.69. The van der Waals surface area contributed by atoms with Crippen LogP contribution in [0.1, 0.15) is 17.3 Å². The molecule has 0 saturated heterocycles. The summed E-state index contributed by atoms with van der Waals surface area (Å²) < 4.78 is 9.83. The maximum atomic E-state index is 11.6. The van der Waals surface area contributed by atoms with Gasteiger partial charge in [0.05, 0.1) is 31.8 Å². The summed E-state index contributed by atoms with van der Waals surface area (Å²) in [5, 5.41) is 0. The van der Waals surface area contributed by atoms with Crippen molar-refractivity contribution in [3.63, 3.8) is 0 Å². The van der Waals surface area contributed by atoms with Gasteiger partial charge in [-0.3, -0.25) is 0 Å². The summed E-state index contributed by atoms with van der Waals surface area (Å²) in [4.78, 5) is 17.8. The van der Waals surface area contributed by atoms with Gasteiger partial charge in [0.1, 0.15) is 5.75 Å². The minimum absolute atomic E-state index is 0.413. The van der Waals surface area contributed by atoms with Crippen molar-refractivity contribution < 1.29 is 14.3 Å². The molecule has 0 fully saturated rings. The molecule has 0 unspecified atom stereocenters. The molecule has 18 heavy (non-hydrogen) atoms. The summed E-state index contributed by atoms with van der Waals surface area (Å²) >= 11 is 0. The normalized spacial score (nSPS) is 10.4. The van der Waals surface area contributed by atoms with E-state index in [1.54, 1.807) is 31.6 Å². The molecule has 0 aliphatic carbocycles. The summed E-state index contributed by atoms with van der Waals surface area (Å²) in [6.45, 7) is 2.85. The van der Waals surface area contributed by atoms with Gasteiger partial charge in [0.15, 0.2) is 0 Å². The van der Waals surface area contributed by atoms with Crippen molar-refractivity contribution in [1.29, 1.82) is 0 Å². The Morgan fingerprint density at radius 1 is 1.44 bits per heavy atom. The number of hydrogen-bond donors (Lipinski definition) is 0. The number of nitrogens with zero attached hydrogens (tertiary/aromatic N) is 2. The van der Waals surface area contributed by atoms with E-state index < -0.39 is 5.97 Å². The zero-order valence-corrected chi connectivity index (χ0v) is 11.1. The standard InChI is InChI=1S/C13H18N2O3/c1-5-15(2)9-14-12-8-10(17-3)6-7-11(12)13(16)18-4/h6-9H,5H2,1-4H3. The molecule has 1 aromatic rings. The van der Waals surface area contributed by atoms with Crippen LogP contribution >= 0.6 is 0 Å². The summed E-state index contributed by atoms with van der Waals surface area (Å²) in [6.07, 6.45) is 1.67. The lowest BCUT2D eigenvalue weighted by molar-refractivity contribution is 0.0601. The lowest BCUT2D eigenvalue weighted by Crippen LogP contribution is -2.14. The molecular formula is C13H18N2O3. The summed E-state index contributed by atoms with van der Waals surface area (Å²) in [5.41, 5.74) is 0.945. The van der Waals surface area contributed by atoms with E-state index in [-0.39, 0.29) is 0 Å². The van der Waals surface area contributed by atoms with Crippen LogP contribution in [0.2, 0.25) is 0 Å². The topological polar surface area (TPSA) is 51.1 Å². The van der Waals surface area contributed by atoms with Gasteiger partial charge in [0.25, 0.3) is 0 Å². The molecule has 0 radical (unpaired) electrons. The van der Waals surface area contributed by atoms with Crippen molar-refractivity contribution in [3.8, 4) is 5.75 Å². The van der Waals surface area contributed by atoms with Crippen molar-refractivity contribution in [2.45, 2.75) is 6.92 Å². The van der Waals surface area contributed by atoms with Crippen LogP contribution in [-0.2, 0) is 4.74 Å². The first-order valence-electron chi connectivity index (χ1n) is 5.63. The molecule has 0 atom stereocenters. The molecule has 1 rings (SSSR count). The van der Waals surface area contributed by atoms with E-state index in [2.05, 4.69) is 4.99 Å². The van der Waals surface area contributed by atoms with Gasteiger partial charge in [-0.15, -0.1) is 0 Å². The van der Waals surface area contributed by atoms with Crippen molar-refractivity contribution in [2.24, 2.45) is 4.99 Å². The van der Waals surface area contributed by atoms with Crippen LogP contribution in [0.4, 0.5) is 5.69 Å². The molecule has 0 saturated carbocycles. The largest absolute Gasteiger partial charge is 0.497 e. The molecule has 0 heterocycles. The van der Waals surface area contributed by atoms with Gasteiger partial charge in [0, 0.05) is 19.7 Å². The Hall–Kier alpha value is -2.04. The smallest absolute Gasteiger partial charge is 0.340 e. The fraction of sp³-hybridized carbons (Fsp3) is 0.385. The number of rotatable bonds is 5. The monoisotopic (exact) mass is 250 g/mol. The average molecular weight is 250 g/mol. The van der Waals surface area contributed by atoms with Crippen LogP contribution in [0.3, 0.4) is 0 Å². The fourth-order valence-electron chi connectivity index (χ4n) is 1.27. The van der Waals surface area contributed by atoms with E-state index in [0.717, 1.165) is 6.54 Å². The Labute approximate surface area is 107 Å². The predicted molar refractivity (Wildman–Crippen MR) is 70.8 cm³/mol. The number of ether oxygens (including phenoxy) is 2. The van der Waals surface area contributed by atoms with E-state index in [0.29, 0.717) is 17.0 Å². The molecule has 0 aliphatic rings. The number of methoxy groups -OCH3 is 2. The molecule has 0 spiro atoms. The first-order valence-corrected chi connectivity index (χ1v) is 5.63. The molecular weight excluding hydrogens is 232 g/mol. The summed E-state index contributed by atoms with van der Waals surface area (Å²) in [5.74, 6) is 0.234. The average Bonchev–Trinajstić information content (AvgIpc) is 2.43. The van der Waals surface area contributed by atoms with Crippen molar-refractivity contribution >= 4 is 18.0 Å². The molecule has 0 bridgehead atoms. The third kappa shape index (κ3) is 3.48. The van der Waals surface area contributed by atoms with Gasteiger partial charge in [0.2, 0.25) is 0 Å². The minimum atomic E-state index is -0.413. The molecule has 0 N–H and O–H groups in total. The van der Waals surface area contributed by atoms with Crippen LogP contribution in [-0.4, -0.2) is 45.0 Å². The number of carbonyl (C=O) groups excluding carboxylic acids is 1. The van der Waals surface area contributed by atoms with Gasteiger partial charge in [-0.2, -0.15) is 0 Å². The number of esters is 1. The van der Waals surface area contributed by atoms with Gasteiger partial charge in [-0.1, -0.05) is 0 Å². The Kier molecular flexibility index (Phi) is 5.17. The van der Waals surface area contributed by atoms with Crippen LogP contribution in [0.15, 0.2) is 23.2 Å². The van der Waals surface area contributed by atoms with Crippen LogP contribution in [0, 0.1) is 0 Å². The fourth-order valence-corrected chi connectivity index (χ4v) is 1.27. The van der Waals surface area contributed by atoms with E-state index in [1.165, 1.54) is 7.11 Å². The zero-order chi connectivity index (χ0) is 13.5. The second-order valence-electron chi connectivity index (χ2n) is 3.69. The summed E-state index contributed by atoms with van der Waals surface area (Å²) in [6, 6.07) is 5.05. The van der Waals surface area contributed by atoms with Gasteiger partial charge in [-0.25, -0.2) is 9.79 Å². The number of hydrogen-bond acceptors (Lipinski definition) is 4. The van der Waals surface area contributed by atoms with Gasteiger partial charge >= 0.3 is 5.97 Å². The lowest BCUT2D eigenvalue weighted by atomic mass is 10.1. The number of carbonyl (C=O) groups is 1. The highest BCUT2D eigenvalue weighted by Crippen LogP contribution is 2.25. The maximum absolute atomic E-state index is 11.6. The predicted octanol–water partition coefficient (Wildman–Crippen LogP) is 2.09. The zero-order valence-electron chi connectivity index (χ0n) is 11.1. The summed E-state index contributed by atoms with van der Waals surface area (Å²) in [7, 11) is 4.82. The molecule has 5 nitrogen and oxygen atoms in total. The van der Waals surface area contributed by atoms with Crippen molar-refractivity contribution in [2.75, 3.05) is 27.8 Å². The molecule has 0 aliphatic heterocycles.